The zero-order chi connectivity index (χ0) is 21.6. The van der Waals surface area contributed by atoms with Crippen LogP contribution >= 0.6 is 0 Å². The number of para-hydroxylation sites is 2. The number of anilines is 1. The molecule has 4 rings (SSSR count). The topological polar surface area (TPSA) is 76.5 Å². The summed E-state index contributed by atoms with van der Waals surface area (Å²) in [5.41, 5.74) is 2.19. The van der Waals surface area contributed by atoms with Crippen LogP contribution in [-0.2, 0) is 22.5 Å². The van der Waals surface area contributed by atoms with Crippen molar-refractivity contribution in [1.29, 1.82) is 0 Å². The molecule has 1 saturated heterocycles. The number of aromatic nitrogens is 2. The molecule has 0 atom stereocenters. The lowest BCUT2D eigenvalue weighted by Crippen LogP contribution is -2.41. The molecule has 0 radical (unpaired) electrons. The Bertz CT molecular complexity index is 1110. The minimum absolute atomic E-state index is 0.136. The second kappa shape index (κ2) is 9.70. The van der Waals surface area contributed by atoms with Crippen molar-refractivity contribution in [2.45, 2.75) is 19.4 Å². The van der Waals surface area contributed by atoms with E-state index in [-0.39, 0.29) is 30.2 Å². The van der Waals surface area contributed by atoms with Crippen LogP contribution in [0.25, 0.3) is 11.0 Å². The predicted molar refractivity (Wildman–Crippen MR) is 117 cm³/mol. The molecule has 0 unspecified atom stereocenters. The van der Waals surface area contributed by atoms with Crippen LogP contribution in [0.2, 0.25) is 0 Å². The van der Waals surface area contributed by atoms with E-state index in [4.69, 9.17) is 4.74 Å². The highest BCUT2D eigenvalue weighted by atomic mass is 19.1. The minimum atomic E-state index is -0.278. The third-order valence-electron chi connectivity index (χ3n) is 5.36. The molecule has 2 heterocycles. The normalized spacial score (nSPS) is 14.0. The highest BCUT2D eigenvalue weighted by Gasteiger charge is 2.19. The summed E-state index contributed by atoms with van der Waals surface area (Å²) >= 11 is 0. The molecule has 1 fully saturated rings. The van der Waals surface area contributed by atoms with Crippen LogP contribution in [0.15, 0.2) is 53.3 Å². The van der Waals surface area contributed by atoms with Crippen molar-refractivity contribution in [3.63, 3.8) is 0 Å². The van der Waals surface area contributed by atoms with Gasteiger partial charge in [-0.2, -0.15) is 0 Å². The van der Waals surface area contributed by atoms with E-state index in [9.17, 15) is 14.0 Å². The first-order valence-corrected chi connectivity index (χ1v) is 10.5. The number of halogens is 1. The van der Waals surface area contributed by atoms with Crippen LogP contribution in [0.1, 0.15) is 12.0 Å². The lowest BCUT2D eigenvalue weighted by atomic mass is 10.1. The number of benzene rings is 2. The molecule has 1 aliphatic rings. The van der Waals surface area contributed by atoms with Crippen LogP contribution in [0.5, 0.6) is 0 Å². The Labute approximate surface area is 179 Å². The maximum atomic E-state index is 13.2. The fourth-order valence-corrected chi connectivity index (χ4v) is 3.68. The van der Waals surface area contributed by atoms with Gasteiger partial charge < -0.3 is 19.5 Å². The molecule has 7 nitrogen and oxygen atoms in total. The zero-order valence-corrected chi connectivity index (χ0v) is 17.2. The van der Waals surface area contributed by atoms with Gasteiger partial charge in [0.1, 0.15) is 5.82 Å². The number of nitrogens with zero attached hydrogens (tertiary/aromatic N) is 3. The number of carbonyl (C=O) groups excluding carboxylic acids is 1. The van der Waals surface area contributed by atoms with E-state index >= 15 is 0 Å². The smallest absolute Gasteiger partial charge is 0.294 e. The van der Waals surface area contributed by atoms with Gasteiger partial charge in [0.2, 0.25) is 5.91 Å². The van der Waals surface area contributed by atoms with E-state index in [1.54, 1.807) is 16.7 Å². The molecule has 3 aromatic rings. The number of aryl methyl sites for hydroxylation is 1. The van der Waals surface area contributed by atoms with E-state index < -0.39 is 0 Å². The fraction of sp³-hybridized carbons (Fsp3) is 0.348. The molecule has 8 heteroatoms. The van der Waals surface area contributed by atoms with Crippen molar-refractivity contribution < 1.29 is 13.9 Å². The van der Waals surface area contributed by atoms with E-state index in [0.29, 0.717) is 50.6 Å². The van der Waals surface area contributed by atoms with E-state index in [1.165, 1.54) is 12.1 Å². The summed E-state index contributed by atoms with van der Waals surface area (Å²) < 4.78 is 20.0. The number of ether oxygens (including phenoxy) is 1. The van der Waals surface area contributed by atoms with Crippen LogP contribution < -0.4 is 15.8 Å². The molecule has 1 aliphatic heterocycles. The molecule has 1 N–H and O–H groups in total. The third kappa shape index (κ3) is 5.08. The molecule has 2 aromatic carbocycles. The number of fused-ring (bicyclic) bond motifs is 1. The minimum Gasteiger partial charge on any atom is -0.378 e. The number of amides is 1. The maximum Gasteiger partial charge on any atom is 0.294 e. The lowest BCUT2D eigenvalue weighted by molar-refractivity contribution is -0.121. The Kier molecular flexibility index (Phi) is 6.57. The van der Waals surface area contributed by atoms with Crippen LogP contribution in [-0.4, -0.2) is 48.3 Å². The summed E-state index contributed by atoms with van der Waals surface area (Å²) in [6.07, 6.45) is 0.797. The predicted octanol–water partition coefficient (Wildman–Crippen LogP) is 2.12. The maximum absolute atomic E-state index is 13.2. The molecule has 0 bridgehead atoms. The number of morpholine rings is 1. The highest BCUT2D eigenvalue weighted by molar-refractivity contribution is 5.78. The van der Waals surface area contributed by atoms with Gasteiger partial charge in [0.25, 0.3) is 5.56 Å². The van der Waals surface area contributed by atoms with E-state index in [0.717, 1.165) is 11.1 Å². The molecule has 1 aromatic heterocycles. The molecule has 0 saturated carbocycles. The van der Waals surface area contributed by atoms with Crippen molar-refractivity contribution in [2.24, 2.45) is 0 Å². The Morgan fingerprint density at radius 1 is 1.10 bits per heavy atom. The molecular formula is C23H25FN4O3. The Balaban J connectivity index is 1.44. The number of hydrogen-bond donors (Lipinski definition) is 1. The number of nitrogens with one attached hydrogen (secondary N) is 1. The summed E-state index contributed by atoms with van der Waals surface area (Å²) in [7, 11) is 0. The van der Waals surface area contributed by atoms with E-state index in [2.05, 4.69) is 10.3 Å². The van der Waals surface area contributed by atoms with Gasteiger partial charge >= 0.3 is 0 Å². The molecular weight excluding hydrogens is 399 g/mol. The summed E-state index contributed by atoms with van der Waals surface area (Å²) in [4.78, 5) is 32.1. The SMILES string of the molecule is O=C(CCn1c(=O)c(N2CCOCC2)nc2ccccc21)NCCc1ccc(F)cc1. The summed E-state index contributed by atoms with van der Waals surface area (Å²) in [5.74, 6) is -0.0131. The summed E-state index contributed by atoms with van der Waals surface area (Å²) in [6, 6.07) is 13.7. The monoisotopic (exact) mass is 424 g/mol. The summed E-state index contributed by atoms with van der Waals surface area (Å²) in [5, 5.41) is 2.87. The van der Waals surface area contributed by atoms with Gasteiger partial charge in [-0.05, 0) is 36.2 Å². The molecule has 0 aliphatic carbocycles. The second-order valence-corrected chi connectivity index (χ2v) is 7.46. The van der Waals surface area contributed by atoms with Crippen molar-refractivity contribution in [3.8, 4) is 0 Å². The average Bonchev–Trinajstić information content (AvgIpc) is 2.80. The average molecular weight is 424 g/mol. The number of carbonyl (C=O) groups is 1. The van der Waals surface area contributed by atoms with Crippen molar-refractivity contribution in [2.75, 3.05) is 37.7 Å². The standard InChI is InChI=1S/C23H25FN4O3/c24-18-7-5-17(6-8-18)9-11-25-21(29)10-12-28-20-4-2-1-3-19(20)26-22(23(28)30)27-13-15-31-16-14-27/h1-8H,9-16H2,(H,25,29). The van der Waals surface area contributed by atoms with Gasteiger partial charge in [-0.3, -0.25) is 9.59 Å². The largest absolute Gasteiger partial charge is 0.378 e. The Morgan fingerprint density at radius 3 is 2.61 bits per heavy atom. The second-order valence-electron chi connectivity index (χ2n) is 7.46. The fourth-order valence-electron chi connectivity index (χ4n) is 3.68. The molecule has 162 valence electrons. The van der Waals surface area contributed by atoms with E-state index in [1.807, 2.05) is 29.2 Å². The molecule has 0 spiro atoms. The number of hydrogen-bond acceptors (Lipinski definition) is 5. The van der Waals surface area contributed by atoms with Crippen LogP contribution in [0.3, 0.4) is 0 Å². The first kappa shape index (κ1) is 21.0. The Morgan fingerprint density at radius 2 is 1.84 bits per heavy atom. The quantitative estimate of drug-likeness (QED) is 0.629. The number of rotatable bonds is 7. The summed E-state index contributed by atoms with van der Waals surface area (Å²) in [6.45, 7) is 3.07. The van der Waals surface area contributed by atoms with Crippen molar-refractivity contribution >= 4 is 22.8 Å². The van der Waals surface area contributed by atoms with Gasteiger partial charge in [0.15, 0.2) is 5.82 Å². The highest BCUT2D eigenvalue weighted by Crippen LogP contribution is 2.16. The third-order valence-corrected chi connectivity index (χ3v) is 5.36. The Hall–Kier alpha value is -3.26. The first-order valence-electron chi connectivity index (χ1n) is 10.5. The van der Waals surface area contributed by atoms with Crippen molar-refractivity contribution in [1.82, 2.24) is 14.9 Å². The molecule has 31 heavy (non-hydrogen) atoms. The van der Waals surface area contributed by atoms with Gasteiger partial charge in [-0.1, -0.05) is 24.3 Å². The van der Waals surface area contributed by atoms with Gasteiger partial charge in [-0.25, -0.2) is 9.37 Å². The van der Waals surface area contributed by atoms with Crippen molar-refractivity contribution in [3.05, 3.63) is 70.3 Å². The van der Waals surface area contributed by atoms with Gasteiger partial charge in [0.05, 0.1) is 24.2 Å². The molecule has 1 amide bonds. The van der Waals surface area contributed by atoms with Gasteiger partial charge in [-0.15, -0.1) is 0 Å². The lowest BCUT2D eigenvalue weighted by Gasteiger charge is -2.28. The van der Waals surface area contributed by atoms with Crippen LogP contribution in [0.4, 0.5) is 10.2 Å². The zero-order valence-electron chi connectivity index (χ0n) is 17.2. The first-order chi connectivity index (χ1) is 15.1. The van der Waals surface area contributed by atoms with Gasteiger partial charge in [0, 0.05) is 32.6 Å². The van der Waals surface area contributed by atoms with Crippen LogP contribution in [0, 0.1) is 5.82 Å².